The average molecular weight is 358 g/mol. The Balaban J connectivity index is 1.82. The van der Waals surface area contributed by atoms with Gasteiger partial charge in [0.25, 0.3) is 0 Å². The monoisotopic (exact) mass is 358 g/mol. The summed E-state index contributed by atoms with van der Waals surface area (Å²) in [6.45, 7) is 2.56. The van der Waals surface area contributed by atoms with Crippen molar-refractivity contribution < 1.29 is 23.5 Å². The van der Waals surface area contributed by atoms with E-state index in [1.54, 1.807) is 36.4 Å². The second-order valence-electron chi connectivity index (χ2n) is 6.10. The molecule has 1 heterocycles. The minimum absolute atomic E-state index is 0.0208. The summed E-state index contributed by atoms with van der Waals surface area (Å²) in [7, 11) is 0. The lowest BCUT2D eigenvalue weighted by Crippen LogP contribution is -2.14. The zero-order valence-electron chi connectivity index (χ0n) is 15.2. The molecule has 0 N–H and O–H groups in total. The summed E-state index contributed by atoms with van der Waals surface area (Å²) in [5.74, 6) is -0.529. The summed E-state index contributed by atoms with van der Waals surface area (Å²) < 4.78 is 15.6. The first-order chi connectivity index (χ1) is 12.7. The van der Waals surface area contributed by atoms with Gasteiger partial charge in [0.2, 0.25) is 0 Å². The van der Waals surface area contributed by atoms with Gasteiger partial charge in [-0.3, -0.25) is 0 Å². The molecular formula is C21H26O5. The Morgan fingerprint density at radius 2 is 1.50 bits per heavy atom. The van der Waals surface area contributed by atoms with E-state index in [0.717, 1.165) is 19.3 Å². The molecule has 0 aliphatic carbocycles. The molecule has 2 aromatic rings. The Hall–Kier alpha value is -2.56. The van der Waals surface area contributed by atoms with Gasteiger partial charge in [0.15, 0.2) is 0 Å². The van der Waals surface area contributed by atoms with Crippen LogP contribution in [0.5, 0.6) is 0 Å². The highest BCUT2D eigenvalue weighted by atomic mass is 16.5. The second-order valence-corrected chi connectivity index (χ2v) is 6.10. The molecule has 0 aliphatic rings. The number of carbonyl (C=O) groups is 2. The molecule has 1 aromatic heterocycles. The van der Waals surface area contributed by atoms with E-state index in [1.807, 2.05) is 0 Å². The molecule has 0 unspecified atom stereocenters. The number of unbranched alkanes of at least 4 members (excludes halogenated alkanes) is 5. The van der Waals surface area contributed by atoms with E-state index in [-0.39, 0.29) is 17.7 Å². The number of rotatable bonds is 11. The molecule has 1 aromatic carbocycles. The average Bonchev–Trinajstić information content (AvgIpc) is 3.19. The van der Waals surface area contributed by atoms with E-state index in [4.69, 9.17) is 13.9 Å². The van der Waals surface area contributed by atoms with Crippen LogP contribution < -0.4 is 0 Å². The van der Waals surface area contributed by atoms with E-state index in [9.17, 15) is 9.59 Å². The summed E-state index contributed by atoms with van der Waals surface area (Å²) in [6, 6.07) is 9.96. The number of furan rings is 1. The van der Waals surface area contributed by atoms with Crippen molar-refractivity contribution in [3.8, 4) is 0 Å². The standard InChI is InChI=1S/C21H26O5/c1-2-3-4-5-6-9-14-25-20(22)18-12-7-8-13-19(18)21(23)26-16-17-11-10-15-24-17/h7-8,10-13,15H,2-6,9,14,16H2,1H3. The maximum absolute atomic E-state index is 12.3. The predicted octanol–water partition coefficient (Wildman–Crippen LogP) is 5.15. The molecule has 0 aliphatic heterocycles. The van der Waals surface area contributed by atoms with Crippen molar-refractivity contribution in [3.05, 3.63) is 59.5 Å². The largest absolute Gasteiger partial charge is 0.466 e. The third-order valence-corrected chi connectivity index (χ3v) is 4.02. The highest BCUT2D eigenvalue weighted by molar-refractivity contribution is 6.03. The molecule has 2 rings (SSSR count). The van der Waals surface area contributed by atoms with Crippen molar-refractivity contribution in [2.75, 3.05) is 6.61 Å². The molecule has 0 fully saturated rings. The van der Waals surface area contributed by atoms with Crippen LogP contribution in [0.1, 0.15) is 71.9 Å². The van der Waals surface area contributed by atoms with Gasteiger partial charge in [0.05, 0.1) is 24.0 Å². The first-order valence-electron chi connectivity index (χ1n) is 9.18. The molecule has 0 saturated carbocycles. The van der Waals surface area contributed by atoms with Crippen LogP contribution in [0.4, 0.5) is 0 Å². The van der Waals surface area contributed by atoms with Crippen LogP contribution in [-0.4, -0.2) is 18.5 Å². The molecule has 0 atom stereocenters. The van der Waals surface area contributed by atoms with Crippen LogP contribution >= 0.6 is 0 Å². The van der Waals surface area contributed by atoms with Crippen molar-refractivity contribution >= 4 is 11.9 Å². The molecule has 0 radical (unpaired) electrons. The third-order valence-electron chi connectivity index (χ3n) is 4.02. The van der Waals surface area contributed by atoms with Crippen LogP contribution in [0.15, 0.2) is 47.1 Å². The molecule has 0 saturated heterocycles. The summed E-state index contributed by atoms with van der Waals surface area (Å²) in [5, 5.41) is 0. The van der Waals surface area contributed by atoms with Gasteiger partial charge in [0.1, 0.15) is 12.4 Å². The SMILES string of the molecule is CCCCCCCCOC(=O)c1ccccc1C(=O)OCc1ccco1. The molecule has 0 bridgehead atoms. The minimum Gasteiger partial charge on any atom is -0.466 e. The Morgan fingerprint density at radius 3 is 2.15 bits per heavy atom. The topological polar surface area (TPSA) is 65.7 Å². The summed E-state index contributed by atoms with van der Waals surface area (Å²) in [6.07, 6.45) is 8.21. The van der Waals surface area contributed by atoms with Crippen LogP contribution in [0.2, 0.25) is 0 Å². The van der Waals surface area contributed by atoms with Gasteiger partial charge in [-0.05, 0) is 30.7 Å². The Labute approximate surface area is 154 Å². The summed E-state index contributed by atoms with van der Waals surface area (Å²) in [5.41, 5.74) is 0.426. The molecule has 26 heavy (non-hydrogen) atoms. The van der Waals surface area contributed by atoms with Gasteiger partial charge in [0, 0.05) is 0 Å². The smallest absolute Gasteiger partial charge is 0.339 e. The normalized spacial score (nSPS) is 10.5. The minimum atomic E-state index is -0.575. The van der Waals surface area contributed by atoms with Crippen LogP contribution in [0, 0.1) is 0 Å². The fourth-order valence-electron chi connectivity index (χ4n) is 2.57. The van der Waals surface area contributed by atoms with Gasteiger partial charge in [-0.15, -0.1) is 0 Å². The molecule has 0 spiro atoms. The zero-order chi connectivity index (χ0) is 18.6. The van der Waals surface area contributed by atoms with E-state index in [1.165, 1.54) is 25.5 Å². The van der Waals surface area contributed by atoms with E-state index < -0.39 is 11.9 Å². The number of hydrogen-bond donors (Lipinski definition) is 0. The maximum atomic E-state index is 12.3. The zero-order valence-corrected chi connectivity index (χ0v) is 15.2. The lowest BCUT2D eigenvalue weighted by Gasteiger charge is -2.09. The van der Waals surface area contributed by atoms with Crippen molar-refractivity contribution in [1.29, 1.82) is 0 Å². The van der Waals surface area contributed by atoms with Gasteiger partial charge >= 0.3 is 11.9 Å². The van der Waals surface area contributed by atoms with Gasteiger partial charge in [-0.25, -0.2) is 9.59 Å². The van der Waals surface area contributed by atoms with Crippen molar-refractivity contribution in [2.24, 2.45) is 0 Å². The van der Waals surface area contributed by atoms with Crippen molar-refractivity contribution in [3.63, 3.8) is 0 Å². The van der Waals surface area contributed by atoms with Gasteiger partial charge in [-0.1, -0.05) is 51.2 Å². The van der Waals surface area contributed by atoms with Crippen molar-refractivity contribution in [2.45, 2.75) is 52.1 Å². The molecule has 5 nitrogen and oxygen atoms in total. The predicted molar refractivity (Wildman–Crippen MR) is 97.9 cm³/mol. The number of benzene rings is 1. The number of hydrogen-bond acceptors (Lipinski definition) is 5. The third kappa shape index (κ3) is 6.39. The molecule has 0 amide bonds. The Morgan fingerprint density at radius 1 is 0.846 bits per heavy atom. The molecule has 5 heteroatoms. The first kappa shape index (κ1) is 19.8. The van der Waals surface area contributed by atoms with Crippen LogP contribution in [0.25, 0.3) is 0 Å². The number of carbonyl (C=O) groups excluding carboxylic acids is 2. The Bertz CT molecular complexity index is 675. The number of esters is 2. The van der Waals surface area contributed by atoms with Crippen LogP contribution in [0.3, 0.4) is 0 Å². The molecular weight excluding hydrogens is 332 g/mol. The first-order valence-corrected chi connectivity index (χ1v) is 9.18. The highest BCUT2D eigenvalue weighted by Gasteiger charge is 2.19. The summed E-state index contributed by atoms with van der Waals surface area (Å²) >= 11 is 0. The highest BCUT2D eigenvalue weighted by Crippen LogP contribution is 2.14. The number of ether oxygens (including phenoxy) is 2. The maximum Gasteiger partial charge on any atom is 0.339 e. The quantitative estimate of drug-likeness (QED) is 0.410. The summed E-state index contributed by atoms with van der Waals surface area (Å²) in [4.78, 5) is 24.6. The lowest BCUT2D eigenvalue weighted by atomic mass is 10.1. The van der Waals surface area contributed by atoms with Crippen molar-refractivity contribution in [1.82, 2.24) is 0 Å². The van der Waals surface area contributed by atoms with Gasteiger partial charge < -0.3 is 13.9 Å². The van der Waals surface area contributed by atoms with E-state index in [2.05, 4.69) is 6.92 Å². The fraction of sp³-hybridized carbons (Fsp3) is 0.429. The van der Waals surface area contributed by atoms with Gasteiger partial charge in [-0.2, -0.15) is 0 Å². The lowest BCUT2D eigenvalue weighted by molar-refractivity contribution is 0.0418. The van der Waals surface area contributed by atoms with E-state index in [0.29, 0.717) is 12.4 Å². The Kier molecular flexibility index (Phi) is 8.46. The van der Waals surface area contributed by atoms with Crippen LogP contribution in [-0.2, 0) is 16.1 Å². The van der Waals surface area contributed by atoms with E-state index >= 15 is 0 Å². The fourth-order valence-corrected chi connectivity index (χ4v) is 2.57. The second kappa shape index (κ2) is 11.1. The molecule has 140 valence electrons.